The van der Waals surface area contributed by atoms with Crippen LogP contribution in [0.1, 0.15) is 92.4 Å². The molecule has 4 saturated heterocycles. The fourth-order valence-corrected chi connectivity index (χ4v) is 13.2. The first-order valence-corrected chi connectivity index (χ1v) is 20.2. The van der Waals surface area contributed by atoms with Crippen molar-refractivity contribution in [3.05, 3.63) is 0 Å². The molecular formula is C39H64O13. The fraction of sp³-hybridized carbons (Fsp3) is 1.00. The molecule has 4 saturated carbocycles. The van der Waals surface area contributed by atoms with Crippen molar-refractivity contribution in [2.24, 2.45) is 52.3 Å². The largest absolute Gasteiger partial charge is 0.394 e. The molecule has 23 atom stereocenters. The van der Waals surface area contributed by atoms with Crippen LogP contribution < -0.4 is 0 Å². The van der Waals surface area contributed by atoms with Gasteiger partial charge in [-0.05, 0) is 105 Å². The second-order valence-electron chi connectivity index (χ2n) is 18.8. The zero-order valence-electron chi connectivity index (χ0n) is 31.4. The molecule has 8 rings (SSSR count). The van der Waals surface area contributed by atoms with Gasteiger partial charge in [0.05, 0.1) is 37.6 Å². The zero-order chi connectivity index (χ0) is 37.1. The number of fused-ring (bicyclic) bond motifs is 7. The summed E-state index contributed by atoms with van der Waals surface area (Å²) in [5.74, 6) is 2.38. The number of aliphatic hydroxyl groups is 7. The van der Waals surface area contributed by atoms with Crippen molar-refractivity contribution in [1.29, 1.82) is 0 Å². The maximum Gasteiger partial charge on any atom is 0.187 e. The molecule has 4 aliphatic carbocycles. The van der Waals surface area contributed by atoms with Gasteiger partial charge in [0.25, 0.3) is 0 Å². The van der Waals surface area contributed by atoms with Crippen molar-refractivity contribution in [1.82, 2.24) is 0 Å². The predicted octanol–water partition coefficient (Wildman–Crippen LogP) is 1.44. The molecule has 0 aromatic carbocycles. The van der Waals surface area contributed by atoms with Crippen LogP contribution in [-0.2, 0) is 28.4 Å². The van der Waals surface area contributed by atoms with Gasteiger partial charge in [0.2, 0.25) is 0 Å². The summed E-state index contributed by atoms with van der Waals surface area (Å²) in [5, 5.41) is 75.1. The van der Waals surface area contributed by atoms with Crippen molar-refractivity contribution in [2.75, 3.05) is 13.2 Å². The van der Waals surface area contributed by atoms with Gasteiger partial charge in [-0.2, -0.15) is 0 Å². The van der Waals surface area contributed by atoms with Gasteiger partial charge in [0, 0.05) is 12.3 Å². The monoisotopic (exact) mass is 740 g/mol. The van der Waals surface area contributed by atoms with E-state index in [9.17, 15) is 35.7 Å². The summed E-state index contributed by atoms with van der Waals surface area (Å²) in [5.41, 5.74) is 0.0940. The Morgan fingerprint density at radius 1 is 0.692 bits per heavy atom. The molecule has 0 aromatic rings. The summed E-state index contributed by atoms with van der Waals surface area (Å²) >= 11 is 0. The summed E-state index contributed by atoms with van der Waals surface area (Å²) < 4.78 is 37.0. The SMILES string of the molecule is C[C@@H]1CC[C@@]2(OC1)O[C@H]1C[C@H]3[C@@H]4C[C@H](O)[C@H]5C[C@@H](O[C@@H]6O[C@H](CO)[C@@H](O[C@H]7O[C@@H](C)[C@@H](O)[C@@H](O)[C@@H]7O)[C@H](O)[C@H]6O)CC[C@]5(C)[C@H]4CC[C@]3(C)[C@H]1[C@@H]2C. The second-order valence-corrected chi connectivity index (χ2v) is 18.8. The maximum atomic E-state index is 11.9. The highest BCUT2D eigenvalue weighted by atomic mass is 16.7. The number of hydrogen-bond donors (Lipinski definition) is 7. The van der Waals surface area contributed by atoms with Crippen LogP contribution in [-0.4, -0.2) is 134 Å². The molecule has 8 fully saturated rings. The summed E-state index contributed by atoms with van der Waals surface area (Å²) in [4.78, 5) is 0. The number of rotatable bonds is 5. The van der Waals surface area contributed by atoms with E-state index in [-0.39, 0.29) is 29.0 Å². The number of hydrogen-bond acceptors (Lipinski definition) is 13. The first-order chi connectivity index (χ1) is 24.6. The molecular weight excluding hydrogens is 676 g/mol. The van der Waals surface area contributed by atoms with Crippen LogP contribution in [0.2, 0.25) is 0 Å². The molecule has 4 aliphatic heterocycles. The van der Waals surface area contributed by atoms with E-state index in [1.807, 2.05) is 0 Å². The molecule has 13 nitrogen and oxygen atoms in total. The third-order valence-electron chi connectivity index (χ3n) is 16.1. The van der Waals surface area contributed by atoms with Gasteiger partial charge in [0.1, 0.15) is 42.7 Å². The Bertz CT molecular complexity index is 1280. The highest BCUT2D eigenvalue weighted by Crippen LogP contribution is 2.71. The quantitative estimate of drug-likeness (QED) is 0.200. The molecule has 0 aromatic heterocycles. The standard InChI is InChI=1S/C39H64O13/c1-17-6-11-39(47-16-17)18(2)28-26(52-39)14-23-21-13-25(41)24-12-20(7-9-37(24,4)22(21)8-10-38(23,28)5)49-36-33(46)31(44)34(27(15-40)50-36)51-35-32(45)30(43)29(42)19(3)48-35/h17-36,40-46H,6-16H2,1-5H3/t17-,18+,19+,20+,21-,22+,23+,24-,25+,26+,27-,28+,29-,30-,31-,32+,33-,34-,35-,36-,37-,38+,39-/m1/s1. The summed E-state index contributed by atoms with van der Waals surface area (Å²) in [6.07, 6.45) is -5.88. The second kappa shape index (κ2) is 13.8. The Hall–Kier alpha value is -0.520. The average Bonchev–Trinajstić information content (AvgIpc) is 3.56. The van der Waals surface area contributed by atoms with Gasteiger partial charge >= 0.3 is 0 Å². The third kappa shape index (κ3) is 5.89. The van der Waals surface area contributed by atoms with Crippen molar-refractivity contribution in [3.8, 4) is 0 Å². The van der Waals surface area contributed by atoms with Crippen LogP contribution >= 0.6 is 0 Å². The number of ether oxygens (including phenoxy) is 6. The van der Waals surface area contributed by atoms with Crippen LogP contribution in [0.5, 0.6) is 0 Å². The van der Waals surface area contributed by atoms with Crippen LogP contribution in [0.15, 0.2) is 0 Å². The molecule has 0 bridgehead atoms. The maximum absolute atomic E-state index is 11.9. The van der Waals surface area contributed by atoms with Gasteiger partial charge in [0.15, 0.2) is 18.4 Å². The van der Waals surface area contributed by atoms with Gasteiger partial charge in [-0.25, -0.2) is 0 Å². The lowest BCUT2D eigenvalue weighted by Crippen LogP contribution is -2.64. The minimum absolute atomic E-state index is 0.0120. The van der Waals surface area contributed by atoms with E-state index >= 15 is 0 Å². The summed E-state index contributed by atoms with van der Waals surface area (Å²) in [7, 11) is 0. The Morgan fingerprint density at radius 2 is 1.40 bits per heavy atom. The first-order valence-electron chi connectivity index (χ1n) is 20.2. The van der Waals surface area contributed by atoms with Crippen LogP contribution in [0, 0.1) is 52.3 Å². The summed E-state index contributed by atoms with van der Waals surface area (Å²) in [6, 6.07) is 0. The zero-order valence-corrected chi connectivity index (χ0v) is 31.4. The molecule has 1 spiro atoms. The minimum atomic E-state index is -1.63. The smallest absolute Gasteiger partial charge is 0.187 e. The molecule has 52 heavy (non-hydrogen) atoms. The number of aliphatic hydroxyl groups excluding tert-OH is 7. The lowest BCUT2D eigenvalue weighted by atomic mass is 9.43. The van der Waals surface area contributed by atoms with E-state index < -0.39 is 79.9 Å². The van der Waals surface area contributed by atoms with Gasteiger partial charge in [-0.15, -0.1) is 0 Å². The minimum Gasteiger partial charge on any atom is -0.394 e. The Morgan fingerprint density at radius 3 is 2.12 bits per heavy atom. The lowest BCUT2D eigenvalue weighted by molar-refractivity contribution is -0.362. The van der Waals surface area contributed by atoms with E-state index in [0.29, 0.717) is 48.3 Å². The van der Waals surface area contributed by atoms with Crippen LogP contribution in [0.25, 0.3) is 0 Å². The Balaban J connectivity index is 0.913. The third-order valence-corrected chi connectivity index (χ3v) is 16.1. The van der Waals surface area contributed by atoms with Crippen LogP contribution in [0.3, 0.4) is 0 Å². The fourth-order valence-electron chi connectivity index (χ4n) is 13.2. The lowest BCUT2D eigenvalue weighted by Gasteiger charge is -2.62. The van der Waals surface area contributed by atoms with Crippen molar-refractivity contribution in [3.63, 3.8) is 0 Å². The van der Waals surface area contributed by atoms with Crippen molar-refractivity contribution in [2.45, 2.75) is 178 Å². The molecule has 13 heteroatoms. The van der Waals surface area contributed by atoms with E-state index in [1.165, 1.54) is 6.92 Å². The van der Waals surface area contributed by atoms with E-state index in [0.717, 1.165) is 51.6 Å². The predicted molar refractivity (Wildman–Crippen MR) is 183 cm³/mol. The molecule has 7 N–H and O–H groups in total. The van der Waals surface area contributed by atoms with Gasteiger partial charge < -0.3 is 64.2 Å². The van der Waals surface area contributed by atoms with E-state index in [1.54, 1.807) is 0 Å². The van der Waals surface area contributed by atoms with Crippen molar-refractivity contribution < 1.29 is 64.2 Å². The molecule has 4 heterocycles. The highest BCUT2D eigenvalue weighted by molar-refractivity contribution is 5.16. The molecule has 298 valence electrons. The normalized spacial score (nSPS) is 60.5. The molecule has 0 unspecified atom stereocenters. The Kier molecular flexibility index (Phi) is 10.2. The average molecular weight is 741 g/mol. The van der Waals surface area contributed by atoms with E-state index in [2.05, 4.69) is 27.7 Å². The van der Waals surface area contributed by atoms with E-state index in [4.69, 9.17) is 28.4 Å². The van der Waals surface area contributed by atoms with Crippen LogP contribution in [0.4, 0.5) is 0 Å². The Labute approximate surface area is 307 Å². The molecule has 0 radical (unpaired) electrons. The van der Waals surface area contributed by atoms with Gasteiger partial charge in [-0.3, -0.25) is 0 Å². The molecule has 8 aliphatic rings. The van der Waals surface area contributed by atoms with Gasteiger partial charge in [-0.1, -0.05) is 27.7 Å². The van der Waals surface area contributed by atoms with Crippen molar-refractivity contribution >= 4 is 0 Å². The highest BCUT2D eigenvalue weighted by Gasteiger charge is 2.70. The summed E-state index contributed by atoms with van der Waals surface area (Å²) in [6.45, 7) is 11.2. The first kappa shape index (κ1) is 38.4. The topological polar surface area (TPSA) is 197 Å². The molecule has 0 amide bonds.